The number of carbonyl (C=O) groups is 3. The van der Waals surface area contributed by atoms with Crippen molar-refractivity contribution in [2.24, 2.45) is 0 Å². The van der Waals surface area contributed by atoms with Crippen molar-refractivity contribution in [1.29, 1.82) is 0 Å². The summed E-state index contributed by atoms with van der Waals surface area (Å²) in [5.41, 5.74) is 2.72. The number of carboxylic acid groups (broad SMARTS) is 1. The molecule has 1 aliphatic rings. The van der Waals surface area contributed by atoms with Gasteiger partial charge in [-0.25, -0.2) is 14.0 Å². The van der Waals surface area contributed by atoms with Crippen LogP contribution in [0, 0.1) is 5.82 Å². The highest BCUT2D eigenvalue weighted by atomic mass is 32.1. The van der Waals surface area contributed by atoms with Crippen LogP contribution >= 0.6 is 11.3 Å². The molecule has 0 saturated carbocycles. The van der Waals surface area contributed by atoms with Gasteiger partial charge in [-0.3, -0.25) is 4.79 Å². The Balaban J connectivity index is 1.66. The van der Waals surface area contributed by atoms with Gasteiger partial charge in [-0.05, 0) is 75.1 Å². The number of carbonyl (C=O) groups excluding carboxylic acids is 2. The first-order chi connectivity index (χ1) is 18.3. The van der Waals surface area contributed by atoms with Gasteiger partial charge in [-0.2, -0.15) is 0 Å². The van der Waals surface area contributed by atoms with Gasteiger partial charge >= 0.3 is 12.1 Å². The summed E-state index contributed by atoms with van der Waals surface area (Å²) < 4.78 is 19.2. The first-order valence-corrected chi connectivity index (χ1v) is 13.7. The first kappa shape index (κ1) is 28.3. The highest BCUT2D eigenvalue weighted by Gasteiger charge is 2.33. The van der Waals surface area contributed by atoms with Crippen LogP contribution in [-0.2, 0) is 17.7 Å². The minimum absolute atomic E-state index is 0.175. The molecule has 2 unspecified atom stereocenters. The smallest absolute Gasteiger partial charge is 0.410 e. The Morgan fingerprint density at radius 3 is 2.23 bits per heavy atom. The van der Waals surface area contributed by atoms with Crippen molar-refractivity contribution < 1.29 is 28.6 Å². The molecule has 3 aromatic rings. The number of nitrogens with zero attached hydrogens (tertiary/aromatic N) is 1. The molecule has 7 nitrogen and oxygen atoms in total. The summed E-state index contributed by atoms with van der Waals surface area (Å²) in [4.78, 5) is 41.2. The Bertz CT molecular complexity index is 1380. The van der Waals surface area contributed by atoms with Crippen LogP contribution < -0.4 is 5.32 Å². The molecule has 39 heavy (non-hydrogen) atoms. The molecule has 9 heteroatoms. The summed E-state index contributed by atoms with van der Waals surface area (Å²) in [6.07, 6.45) is 0.116. The summed E-state index contributed by atoms with van der Waals surface area (Å²) in [7, 11) is 0. The molecule has 2 amide bonds. The zero-order valence-electron chi connectivity index (χ0n) is 22.7. The van der Waals surface area contributed by atoms with Crippen LogP contribution in [0.1, 0.15) is 93.7 Å². The van der Waals surface area contributed by atoms with Gasteiger partial charge in [0, 0.05) is 22.2 Å². The summed E-state index contributed by atoms with van der Waals surface area (Å²) in [5.74, 6) is -1.76. The van der Waals surface area contributed by atoms with Crippen molar-refractivity contribution in [1.82, 2.24) is 10.2 Å². The molecule has 2 aromatic carbocycles. The zero-order valence-corrected chi connectivity index (χ0v) is 23.5. The topological polar surface area (TPSA) is 95.9 Å². The number of fused-ring (bicyclic) bond motifs is 1. The van der Waals surface area contributed by atoms with Crippen molar-refractivity contribution in [3.63, 3.8) is 0 Å². The third-order valence-corrected chi connectivity index (χ3v) is 8.13. The van der Waals surface area contributed by atoms with Crippen molar-refractivity contribution in [3.05, 3.63) is 91.9 Å². The average Bonchev–Trinajstić information content (AvgIpc) is 3.26. The van der Waals surface area contributed by atoms with Gasteiger partial charge in [0.05, 0.1) is 23.7 Å². The number of halogens is 1. The average molecular weight is 553 g/mol. The number of hydrogen-bond acceptors (Lipinski definition) is 5. The third-order valence-electron chi connectivity index (χ3n) is 6.73. The van der Waals surface area contributed by atoms with Crippen LogP contribution in [0.25, 0.3) is 0 Å². The van der Waals surface area contributed by atoms with Crippen molar-refractivity contribution >= 4 is 29.3 Å². The standard InChI is InChI=1S/C30H33FN2O5S/c1-17(19-10-12-22(31)13-11-19)26-25(27(34)32-18(2)20-6-8-21(9-7-20)28(35)36)23-14-15-33(16-24(23)39-26)29(37)38-30(3,4)5/h6-13,17-18H,14-16H2,1-5H3,(H,32,34)(H,35,36). The monoisotopic (exact) mass is 552 g/mol. The molecule has 1 aliphatic heterocycles. The Morgan fingerprint density at radius 1 is 1.03 bits per heavy atom. The fourth-order valence-electron chi connectivity index (χ4n) is 4.63. The van der Waals surface area contributed by atoms with E-state index < -0.39 is 11.6 Å². The van der Waals surface area contributed by atoms with Crippen LogP contribution in [-0.4, -0.2) is 40.1 Å². The summed E-state index contributed by atoms with van der Waals surface area (Å²) in [6, 6.07) is 12.3. The largest absolute Gasteiger partial charge is 0.478 e. The maximum Gasteiger partial charge on any atom is 0.410 e. The molecular weight excluding hydrogens is 519 g/mol. The van der Waals surface area contributed by atoms with Crippen LogP contribution in [0.5, 0.6) is 0 Å². The van der Waals surface area contributed by atoms with Crippen LogP contribution in [0.4, 0.5) is 9.18 Å². The normalized spacial score (nSPS) is 14.8. The number of carboxylic acids is 1. The van der Waals surface area contributed by atoms with Crippen LogP contribution in [0.2, 0.25) is 0 Å². The highest BCUT2D eigenvalue weighted by molar-refractivity contribution is 7.12. The number of hydrogen-bond donors (Lipinski definition) is 2. The molecule has 4 rings (SSSR count). The molecule has 0 radical (unpaired) electrons. The van der Waals surface area contributed by atoms with Gasteiger partial charge in [-0.15, -0.1) is 11.3 Å². The van der Waals surface area contributed by atoms with E-state index in [0.717, 1.165) is 26.4 Å². The van der Waals surface area contributed by atoms with E-state index in [4.69, 9.17) is 4.74 Å². The molecule has 0 saturated heterocycles. The minimum Gasteiger partial charge on any atom is -0.478 e. The number of aromatic carboxylic acids is 1. The molecule has 2 atom stereocenters. The van der Waals surface area contributed by atoms with E-state index in [2.05, 4.69) is 5.32 Å². The molecular formula is C30H33FN2O5S. The van der Waals surface area contributed by atoms with Gasteiger partial charge in [0.25, 0.3) is 5.91 Å². The van der Waals surface area contributed by atoms with E-state index in [1.165, 1.54) is 35.6 Å². The molecule has 0 fully saturated rings. The fraction of sp³-hybridized carbons (Fsp3) is 0.367. The second kappa shape index (κ2) is 11.2. The quantitative estimate of drug-likeness (QED) is 0.363. The Hall–Kier alpha value is -3.72. The molecule has 0 spiro atoms. The van der Waals surface area contributed by atoms with E-state index >= 15 is 0 Å². The van der Waals surface area contributed by atoms with Crippen LogP contribution in [0.15, 0.2) is 48.5 Å². The summed E-state index contributed by atoms with van der Waals surface area (Å²) >= 11 is 1.50. The molecule has 2 heterocycles. The second-order valence-electron chi connectivity index (χ2n) is 10.8. The predicted molar refractivity (Wildman–Crippen MR) is 148 cm³/mol. The summed E-state index contributed by atoms with van der Waals surface area (Å²) in [6.45, 7) is 10.1. The maximum absolute atomic E-state index is 13.8. The summed E-state index contributed by atoms with van der Waals surface area (Å²) in [5, 5.41) is 12.2. The maximum atomic E-state index is 13.8. The van der Waals surface area contributed by atoms with Crippen molar-refractivity contribution in [2.75, 3.05) is 6.54 Å². The van der Waals surface area contributed by atoms with Crippen LogP contribution in [0.3, 0.4) is 0 Å². The zero-order chi connectivity index (χ0) is 28.5. The second-order valence-corrected chi connectivity index (χ2v) is 11.9. The van der Waals surface area contributed by atoms with Gasteiger partial charge in [0.15, 0.2) is 0 Å². The Kier molecular flexibility index (Phi) is 8.11. The van der Waals surface area contributed by atoms with Crippen molar-refractivity contribution in [2.45, 2.75) is 65.1 Å². The number of nitrogens with one attached hydrogen (secondary N) is 1. The lowest BCUT2D eigenvalue weighted by atomic mass is 9.92. The van der Waals surface area contributed by atoms with E-state index in [1.807, 2.05) is 34.6 Å². The third kappa shape index (κ3) is 6.47. The van der Waals surface area contributed by atoms with Gasteiger partial charge in [-0.1, -0.05) is 31.2 Å². The number of ether oxygens (including phenoxy) is 1. The highest BCUT2D eigenvalue weighted by Crippen LogP contribution is 2.40. The van der Waals surface area contributed by atoms with E-state index in [0.29, 0.717) is 25.1 Å². The number of benzene rings is 2. The number of thiophene rings is 1. The van der Waals surface area contributed by atoms with E-state index in [9.17, 15) is 23.9 Å². The molecule has 0 bridgehead atoms. The lowest BCUT2D eigenvalue weighted by Gasteiger charge is -2.30. The molecule has 206 valence electrons. The first-order valence-electron chi connectivity index (χ1n) is 12.9. The van der Waals surface area contributed by atoms with E-state index in [1.54, 1.807) is 29.2 Å². The lowest BCUT2D eigenvalue weighted by molar-refractivity contribution is 0.0226. The number of amides is 2. The predicted octanol–water partition coefficient (Wildman–Crippen LogP) is 6.52. The van der Waals surface area contributed by atoms with Gasteiger partial charge < -0.3 is 20.1 Å². The lowest BCUT2D eigenvalue weighted by Crippen LogP contribution is -2.40. The SMILES string of the molecule is CC(NC(=O)c1c(C(C)c2ccc(F)cc2)sc2c1CCN(C(=O)OC(C)(C)C)C2)c1ccc(C(=O)O)cc1. The minimum atomic E-state index is -1.01. The molecule has 2 N–H and O–H groups in total. The van der Waals surface area contributed by atoms with Crippen molar-refractivity contribution in [3.8, 4) is 0 Å². The van der Waals surface area contributed by atoms with Gasteiger partial charge in [0.1, 0.15) is 11.4 Å². The molecule has 1 aromatic heterocycles. The number of rotatable bonds is 6. The molecule has 0 aliphatic carbocycles. The van der Waals surface area contributed by atoms with Gasteiger partial charge in [0.2, 0.25) is 0 Å². The Morgan fingerprint density at radius 2 is 1.64 bits per heavy atom. The fourth-order valence-corrected chi connectivity index (χ4v) is 6.07. The van der Waals surface area contributed by atoms with E-state index in [-0.39, 0.29) is 35.3 Å². The Labute approximate surface area is 231 Å².